The number of rotatable bonds is 6. The molecule has 1 aromatic heterocycles. The van der Waals surface area contributed by atoms with E-state index in [0.717, 1.165) is 19.3 Å². The molecule has 0 bridgehead atoms. The monoisotopic (exact) mass is 393 g/mol. The lowest BCUT2D eigenvalue weighted by Crippen LogP contribution is -2.42. The number of aryl methyl sites for hydroxylation is 2. The van der Waals surface area contributed by atoms with Crippen LogP contribution in [0, 0.1) is 0 Å². The zero-order valence-electron chi connectivity index (χ0n) is 13.9. The van der Waals surface area contributed by atoms with E-state index in [0.29, 0.717) is 4.88 Å². The van der Waals surface area contributed by atoms with Crippen LogP contribution in [0.5, 0.6) is 0 Å². The lowest BCUT2D eigenvalue weighted by Gasteiger charge is -2.08. The molecule has 2 amide bonds. The van der Waals surface area contributed by atoms with E-state index >= 15 is 0 Å². The molecule has 26 heavy (non-hydrogen) atoms. The Labute approximate surface area is 155 Å². The van der Waals surface area contributed by atoms with E-state index in [4.69, 9.17) is 0 Å². The number of hydrogen-bond acceptors (Lipinski definition) is 5. The molecule has 0 spiro atoms. The van der Waals surface area contributed by atoms with Crippen LogP contribution >= 0.6 is 11.3 Å². The molecular weight excluding hydrogens is 374 g/mol. The first-order chi connectivity index (χ1) is 12.5. The van der Waals surface area contributed by atoms with Crippen LogP contribution in [-0.2, 0) is 27.7 Å². The smallest absolute Gasteiger partial charge is 0.273 e. The molecule has 0 atom stereocenters. The van der Waals surface area contributed by atoms with Crippen molar-refractivity contribution in [3.63, 3.8) is 0 Å². The molecule has 0 unspecified atom stereocenters. The summed E-state index contributed by atoms with van der Waals surface area (Å²) in [6.45, 7) is -0.0633. The van der Waals surface area contributed by atoms with Crippen molar-refractivity contribution in [1.82, 2.24) is 15.6 Å². The van der Waals surface area contributed by atoms with Crippen LogP contribution in [0.15, 0.2) is 41.3 Å². The van der Waals surface area contributed by atoms with Gasteiger partial charge in [0.1, 0.15) is 0 Å². The van der Waals surface area contributed by atoms with Crippen LogP contribution in [-0.4, -0.2) is 26.8 Å². The molecule has 3 N–H and O–H groups in total. The maximum Gasteiger partial charge on any atom is 0.279 e. The van der Waals surface area contributed by atoms with Gasteiger partial charge in [0.25, 0.3) is 5.91 Å². The van der Waals surface area contributed by atoms with E-state index in [2.05, 4.69) is 15.6 Å². The van der Waals surface area contributed by atoms with Gasteiger partial charge in [-0.15, -0.1) is 11.3 Å². The number of sulfonamides is 1. The molecule has 3 rings (SSSR count). The fourth-order valence-electron chi connectivity index (χ4n) is 2.67. The van der Waals surface area contributed by atoms with Crippen molar-refractivity contribution in [1.29, 1.82) is 0 Å². The van der Waals surface area contributed by atoms with E-state index in [1.165, 1.54) is 33.9 Å². The topological polar surface area (TPSA) is 104 Å². The average Bonchev–Trinajstić information content (AvgIpc) is 3.22. The van der Waals surface area contributed by atoms with Crippen molar-refractivity contribution in [3.05, 3.63) is 51.7 Å². The van der Waals surface area contributed by atoms with E-state index in [1.54, 1.807) is 18.2 Å². The SMILES string of the molecule is O=C(CCNS(=O)(=O)c1ccccc1)NNC(=O)c1cc2c(s1)CCC2. The van der Waals surface area contributed by atoms with E-state index in [1.807, 2.05) is 6.07 Å². The van der Waals surface area contributed by atoms with Gasteiger partial charge in [-0.25, -0.2) is 13.1 Å². The molecule has 9 heteroatoms. The second-order valence-corrected chi connectivity index (χ2v) is 8.78. The highest BCUT2D eigenvalue weighted by Gasteiger charge is 2.19. The summed E-state index contributed by atoms with van der Waals surface area (Å²) in [4.78, 5) is 25.8. The summed E-state index contributed by atoms with van der Waals surface area (Å²) < 4.78 is 26.4. The molecule has 1 aliphatic rings. The largest absolute Gasteiger partial charge is 0.279 e. The van der Waals surface area contributed by atoms with Crippen LogP contribution < -0.4 is 15.6 Å². The predicted octanol–water partition coefficient (Wildman–Crippen LogP) is 1.37. The molecule has 2 aromatic rings. The lowest BCUT2D eigenvalue weighted by atomic mass is 10.2. The number of carbonyl (C=O) groups is 2. The van der Waals surface area contributed by atoms with Crippen LogP contribution in [0.4, 0.5) is 0 Å². The van der Waals surface area contributed by atoms with Crippen molar-refractivity contribution in [2.24, 2.45) is 0 Å². The summed E-state index contributed by atoms with van der Waals surface area (Å²) in [6, 6.07) is 9.77. The van der Waals surface area contributed by atoms with Crippen molar-refractivity contribution in [2.45, 2.75) is 30.6 Å². The molecule has 0 saturated carbocycles. The average molecular weight is 393 g/mol. The van der Waals surface area contributed by atoms with Crippen molar-refractivity contribution in [2.75, 3.05) is 6.54 Å². The van der Waals surface area contributed by atoms with E-state index in [-0.39, 0.29) is 23.8 Å². The Morgan fingerprint density at radius 1 is 1.08 bits per heavy atom. The number of thiophene rings is 1. The minimum Gasteiger partial charge on any atom is -0.273 e. The summed E-state index contributed by atoms with van der Waals surface area (Å²) >= 11 is 1.45. The van der Waals surface area contributed by atoms with E-state index in [9.17, 15) is 18.0 Å². The molecule has 1 aromatic carbocycles. The van der Waals surface area contributed by atoms with Gasteiger partial charge in [-0.05, 0) is 43.0 Å². The lowest BCUT2D eigenvalue weighted by molar-refractivity contribution is -0.121. The van der Waals surface area contributed by atoms with Gasteiger partial charge in [0, 0.05) is 17.8 Å². The molecule has 1 aliphatic carbocycles. The van der Waals surface area contributed by atoms with Crippen molar-refractivity contribution in [3.8, 4) is 0 Å². The first kappa shape index (κ1) is 18.6. The predicted molar refractivity (Wildman–Crippen MR) is 98.2 cm³/mol. The van der Waals surface area contributed by atoms with Gasteiger partial charge in [-0.1, -0.05) is 18.2 Å². The second-order valence-electron chi connectivity index (χ2n) is 5.88. The van der Waals surface area contributed by atoms with Crippen LogP contribution in [0.25, 0.3) is 0 Å². The molecular formula is C17H19N3O4S2. The van der Waals surface area contributed by atoms with Crippen LogP contribution in [0.3, 0.4) is 0 Å². The van der Waals surface area contributed by atoms with Gasteiger partial charge < -0.3 is 0 Å². The second kappa shape index (κ2) is 7.98. The summed E-state index contributed by atoms with van der Waals surface area (Å²) in [6.07, 6.45) is 3.03. The first-order valence-corrected chi connectivity index (χ1v) is 10.5. The quantitative estimate of drug-likeness (QED) is 0.645. The fourth-order valence-corrected chi connectivity index (χ4v) is 4.88. The molecule has 138 valence electrons. The highest BCUT2D eigenvalue weighted by molar-refractivity contribution is 7.89. The Morgan fingerprint density at radius 2 is 1.85 bits per heavy atom. The zero-order valence-corrected chi connectivity index (χ0v) is 15.6. The summed E-state index contributed by atoms with van der Waals surface area (Å²) in [7, 11) is -3.64. The van der Waals surface area contributed by atoms with E-state index < -0.39 is 15.9 Å². The Hall–Kier alpha value is -2.23. The maximum atomic E-state index is 12.0. The number of hydrazine groups is 1. The molecule has 1 heterocycles. The van der Waals surface area contributed by atoms with Gasteiger partial charge in [-0.3, -0.25) is 20.4 Å². The minimum atomic E-state index is -3.64. The zero-order chi connectivity index (χ0) is 18.6. The number of hydrogen-bond donors (Lipinski definition) is 3. The third-order valence-electron chi connectivity index (χ3n) is 3.98. The minimum absolute atomic E-state index is 0.0633. The Kier molecular flexibility index (Phi) is 5.70. The van der Waals surface area contributed by atoms with Crippen molar-refractivity contribution < 1.29 is 18.0 Å². The first-order valence-electron chi connectivity index (χ1n) is 8.21. The normalized spacial score (nSPS) is 13.2. The van der Waals surface area contributed by atoms with Gasteiger partial charge in [-0.2, -0.15) is 0 Å². The number of carbonyl (C=O) groups excluding carboxylic acids is 2. The molecule has 7 nitrogen and oxygen atoms in total. The standard InChI is InChI=1S/C17H19N3O4S2/c21-16(9-10-18-26(23,24)13-6-2-1-3-7-13)19-20-17(22)15-11-12-5-4-8-14(12)25-15/h1-3,6-7,11,18H,4-5,8-10H2,(H,19,21)(H,20,22). The number of benzene rings is 1. The van der Waals surface area contributed by atoms with Gasteiger partial charge in [0.05, 0.1) is 9.77 Å². The molecule has 0 radical (unpaired) electrons. The van der Waals surface area contributed by atoms with Crippen LogP contribution in [0.2, 0.25) is 0 Å². The molecule has 0 fully saturated rings. The summed E-state index contributed by atoms with van der Waals surface area (Å²) in [5.74, 6) is -0.833. The third kappa shape index (κ3) is 4.48. The number of amides is 2. The Morgan fingerprint density at radius 3 is 2.58 bits per heavy atom. The number of fused-ring (bicyclic) bond motifs is 1. The number of nitrogens with one attached hydrogen (secondary N) is 3. The van der Waals surface area contributed by atoms with Gasteiger partial charge in [0.15, 0.2) is 0 Å². The van der Waals surface area contributed by atoms with Gasteiger partial charge in [0.2, 0.25) is 15.9 Å². The fraction of sp³-hybridized carbons (Fsp3) is 0.294. The summed E-state index contributed by atoms with van der Waals surface area (Å²) in [5.41, 5.74) is 5.88. The van der Waals surface area contributed by atoms with Crippen LogP contribution in [0.1, 0.15) is 33.0 Å². The third-order valence-corrected chi connectivity index (χ3v) is 6.70. The van der Waals surface area contributed by atoms with Gasteiger partial charge >= 0.3 is 0 Å². The summed E-state index contributed by atoms with van der Waals surface area (Å²) in [5, 5.41) is 0. The highest BCUT2D eigenvalue weighted by atomic mass is 32.2. The molecule has 0 aliphatic heterocycles. The Bertz CT molecular complexity index is 886. The Balaban J connectivity index is 1.42. The highest BCUT2D eigenvalue weighted by Crippen LogP contribution is 2.30. The van der Waals surface area contributed by atoms with Crippen molar-refractivity contribution >= 4 is 33.2 Å². The maximum absolute atomic E-state index is 12.0. The molecule has 0 saturated heterocycles.